The molecule has 2 aromatic carbocycles. The first-order chi connectivity index (χ1) is 9.13. The predicted molar refractivity (Wildman–Crippen MR) is 75.8 cm³/mol. The van der Waals surface area contributed by atoms with Gasteiger partial charge in [0.25, 0.3) is 0 Å². The first-order valence-electron chi connectivity index (χ1n) is 5.85. The van der Waals surface area contributed by atoms with Crippen molar-refractivity contribution in [2.75, 3.05) is 17.7 Å². The molecule has 0 saturated carbocycles. The van der Waals surface area contributed by atoms with Crippen LogP contribution in [0.2, 0.25) is 0 Å². The smallest absolute Gasteiger partial charge is 0.408 e. The van der Waals surface area contributed by atoms with E-state index in [0.717, 1.165) is 11.4 Å². The molecule has 0 saturated heterocycles. The topological polar surface area (TPSA) is 75.3 Å². The number of nitrogens with zero attached hydrogens (tertiary/aromatic N) is 1. The van der Waals surface area contributed by atoms with Crippen molar-refractivity contribution >= 4 is 28.2 Å². The van der Waals surface area contributed by atoms with E-state index in [0.29, 0.717) is 16.8 Å². The maximum atomic E-state index is 11.1. The minimum absolute atomic E-state index is 0.446. The average molecular weight is 255 g/mol. The molecule has 0 spiro atoms. The van der Waals surface area contributed by atoms with Gasteiger partial charge in [-0.2, -0.15) is 0 Å². The van der Waals surface area contributed by atoms with Crippen molar-refractivity contribution in [3.05, 3.63) is 53.0 Å². The highest BCUT2D eigenvalue weighted by Gasteiger charge is 2.07. The summed E-state index contributed by atoms with van der Waals surface area (Å²) in [6.07, 6.45) is 0. The maximum Gasteiger partial charge on any atom is 0.417 e. The second-order valence-electron chi connectivity index (χ2n) is 4.35. The molecule has 0 radical (unpaired) electrons. The van der Waals surface area contributed by atoms with Crippen molar-refractivity contribution in [3.63, 3.8) is 0 Å². The summed E-state index contributed by atoms with van der Waals surface area (Å²) in [7, 11) is 1.94. The van der Waals surface area contributed by atoms with Crippen LogP contribution in [-0.2, 0) is 0 Å². The number of benzene rings is 2. The summed E-state index contributed by atoms with van der Waals surface area (Å²) < 4.78 is 4.98. The lowest BCUT2D eigenvalue weighted by atomic mass is 10.2. The molecule has 0 aliphatic rings. The molecule has 0 aliphatic heterocycles. The van der Waals surface area contributed by atoms with Crippen molar-refractivity contribution in [2.45, 2.75) is 0 Å². The number of H-pyrrole nitrogens is 1. The fourth-order valence-electron chi connectivity index (χ4n) is 2.03. The first kappa shape index (κ1) is 11.4. The van der Waals surface area contributed by atoms with Gasteiger partial charge in [-0.3, -0.25) is 4.98 Å². The van der Waals surface area contributed by atoms with Crippen LogP contribution in [0.1, 0.15) is 0 Å². The Hall–Kier alpha value is -2.69. The third-order valence-corrected chi connectivity index (χ3v) is 3.05. The second kappa shape index (κ2) is 4.20. The van der Waals surface area contributed by atoms with E-state index >= 15 is 0 Å². The molecule has 3 aromatic rings. The molecule has 1 heterocycles. The predicted octanol–water partition coefficient (Wildman–Crippen LogP) is 2.47. The minimum Gasteiger partial charge on any atom is -0.408 e. The van der Waals surface area contributed by atoms with Gasteiger partial charge in [0.15, 0.2) is 5.58 Å². The van der Waals surface area contributed by atoms with Gasteiger partial charge >= 0.3 is 5.76 Å². The number of anilines is 3. The summed E-state index contributed by atoms with van der Waals surface area (Å²) in [5, 5.41) is 0. The Morgan fingerprint density at radius 2 is 1.95 bits per heavy atom. The summed E-state index contributed by atoms with van der Waals surface area (Å²) in [6.45, 7) is 0. The molecule has 3 rings (SSSR count). The highest BCUT2D eigenvalue weighted by atomic mass is 16.4. The molecule has 5 heteroatoms. The standard InChI is InChI=1S/C14H13N3O2/c1-17(10-4-2-3-9(15)7-10)11-5-6-13-12(8-11)16-14(18)19-13/h2-8H,15H2,1H3,(H,16,18). The van der Waals surface area contributed by atoms with Gasteiger partial charge in [0.2, 0.25) is 0 Å². The molecular formula is C14H13N3O2. The summed E-state index contributed by atoms with van der Waals surface area (Å²) in [5.41, 5.74) is 9.64. The van der Waals surface area contributed by atoms with Gasteiger partial charge in [0, 0.05) is 24.1 Å². The number of fused-ring (bicyclic) bond motifs is 1. The third-order valence-electron chi connectivity index (χ3n) is 3.05. The van der Waals surface area contributed by atoms with E-state index in [4.69, 9.17) is 10.2 Å². The van der Waals surface area contributed by atoms with Gasteiger partial charge < -0.3 is 15.1 Å². The fraction of sp³-hybridized carbons (Fsp3) is 0.0714. The number of hydrogen-bond donors (Lipinski definition) is 2. The molecule has 0 bridgehead atoms. The Morgan fingerprint density at radius 1 is 1.16 bits per heavy atom. The quantitative estimate of drug-likeness (QED) is 0.690. The van der Waals surface area contributed by atoms with Gasteiger partial charge in [-0.1, -0.05) is 6.07 Å². The number of rotatable bonds is 2. The number of nitrogens with one attached hydrogen (secondary N) is 1. The lowest BCUT2D eigenvalue weighted by Crippen LogP contribution is -2.09. The largest absolute Gasteiger partial charge is 0.417 e. The lowest BCUT2D eigenvalue weighted by Gasteiger charge is -2.19. The molecule has 0 unspecified atom stereocenters. The SMILES string of the molecule is CN(c1cccc(N)c1)c1ccc2oc(=O)[nH]c2c1. The van der Waals surface area contributed by atoms with E-state index in [-0.39, 0.29) is 0 Å². The summed E-state index contributed by atoms with van der Waals surface area (Å²) in [4.78, 5) is 15.8. The lowest BCUT2D eigenvalue weighted by molar-refractivity contribution is 0.555. The first-order valence-corrected chi connectivity index (χ1v) is 5.85. The van der Waals surface area contributed by atoms with E-state index in [9.17, 15) is 4.79 Å². The summed E-state index contributed by atoms with van der Waals surface area (Å²) in [5.74, 6) is -0.446. The molecule has 19 heavy (non-hydrogen) atoms. The number of hydrogen-bond acceptors (Lipinski definition) is 4. The molecule has 1 aromatic heterocycles. The molecule has 96 valence electrons. The number of nitrogens with two attached hydrogens (primary N) is 1. The minimum atomic E-state index is -0.446. The normalized spacial score (nSPS) is 10.8. The van der Waals surface area contributed by atoms with Crippen molar-refractivity contribution in [1.82, 2.24) is 4.98 Å². The molecule has 0 fully saturated rings. The Labute approximate surface area is 109 Å². The fourth-order valence-corrected chi connectivity index (χ4v) is 2.03. The van der Waals surface area contributed by atoms with E-state index in [2.05, 4.69) is 4.98 Å². The van der Waals surface area contributed by atoms with Crippen LogP contribution in [0.25, 0.3) is 11.1 Å². The van der Waals surface area contributed by atoms with Crippen LogP contribution in [0.5, 0.6) is 0 Å². The van der Waals surface area contributed by atoms with E-state index in [1.807, 2.05) is 48.3 Å². The van der Waals surface area contributed by atoms with Crippen LogP contribution in [0, 0.1) is 0 Å². The van der Waals surface area contributed by atoms with Crippen LogP contribution in [0.4, 0.5) is 17.1 Å². The van der Waals surface area contributed by atoms with Crippen molar-refractivity contribution in [3.8, 4) is 0 Å². The van der Waals surface area contributed by atoms with Crippen LogP contribution >= 0.6 is 0 Å². The molecule has 0 aliphatic carbocycles. The maximum absolute atomic E-state index is 11.1. The van der Waals surface area contributed by atoms with Crippen LogP contribution in [0.3, 0.4) is 0 Å². The van der Waals surface area contributed by atoms with Crippen molar-refractivity contribution < 1.29 is 4.42 Å². The van der Waals surface area contributed by atoms with Gasteiger partial charge in [-0.25, -0.2) is 4.79 Å². The Balaban J connectivity index is 2.05. The van der Waals surface area contributed by atoms with E-state index in [1.165, 1.54) is 0 Å². The van der Waals surface area contributed by atoms with Crippen molar-refractivity contribution in [1.29, 1.82) is 0 Å². The Kier molecular flexibility index (Phi) is 2.52. The van der Waals surface area contributed by atoms with Crippen LogP contribution in [0.15, 0.2) is 51.7 Å². The summed E-state index contributed by atoms with van der Waals surface area (Å²) in [6, 6.07) is 13.1. The Bertz CT molecular complexity index is 788. The molecule has 3 N–H and O–H groups in total. The molecule has 0 atom stereocenters. The van der Waals surface area contributed by atoms with Crippen LogP contribution < -0.4 is 16.4 Å². The second-order valence-corrected chi connectivity index (χ2v) is 4.35. The average Bonchev–Trinajstić information content (AvgIpc) is 2.76. The number of nitrogen functional groups attached to an aromatic ring is 1. The monoisotopic (exact) mass is 255 g/mol. The van der Waals surface area contributed by atoms with Gasteiger partial charge in [0.05, 0.1) is 5.52 Å². The number of aromatic amines is 1. The van der Waals surface area contributed by atoms with Crippen molar-refractivity contribution in [2.24, 2.45) is 0 Å². The van der Waals surface area contributed by atoms with Gasteiger partial charge in [-0.05, 0) is 36.4 Å². The van der Waals surface area contributed by atoms with Crippen LogP contribution in [-0.4, -0.2) is 12.0 Å². The summed E-state index contributed by atoms with van der Waals surface area (Å²) >= 11 is 0. The number of aromatic nitrogens is 1. The van der Waals surface area contributed by atoms with E-state index in [1.54, 1.807) is 6.07 Å². The zero-order valence-electron chi connectivity index (χ0n) is 10.4. The Morgan fingerprint density at radius 3 is 2.74 bits per heavy atom. The molecule has 5 nitrogen and oxygen atoms in total. The highest BCUT2D eigenvalue weighted by molar-refractivity contribution is 5.79. The number of oxazole rings is 1. The molecular weight excluding hydrogens is 242 g/mol. The van der Waals surface area contributed by atoms with Gasteiger partial charge in [0.1, 0.15) is 0 Å². The highest BCUT2D eigenvalue weighted by Crippen LogP contribution is 2.27. The zero-order chi connectivity index (χ0) is 13.4. The molecule has 0 amide bonds. The van der Waals surface area contributed by atoms with E-state index < -0.39 is 5.76 Å². The van der Waals surface area contributed by atoms with Gasteiger partial charge in [-0.15, -0.1) is 0 Å². The zero-order valence-corrected chi connectivity index (χ0v) is 10.4. The third kappa shape index (κ3) is 2.06.